The van der Waals surface area contributed by atoms with Crippen molar-refractivity contribution in [3.63, 3.8) is 0 Å². The van der Waals surface area contributed by atoms with Crippen molar-refractivity contribution in [1.82, 2.24) is 5.01 Å². The van der Waals surface area contributed by atoms with Gasteiger partial charge in [-0.15, -0.1) is 0 Å². The lowest BCUT2D eigenvalue weighted by molar-refractivity contribution is -0.143. The molecule has 3 aliphatic rings. The summed E-state index contributed by atoms with van der Waals surface area (Å²) >= 11 is 0. The third-order valence-electron chi connectivity index (χ3n) is 7.66. The van der Waals surface area contributed by atoms with Gasteiger partial charge in [-0.2, -0.15) is 13.9 Å². The van der Waals surface area contributed by atoms with E-state index in [4.69, 9.17) is 19.3 Å². The summed E-state index contributed by atoms with van der Waals surface area (Å²) < 4.78 is 43.6. The second-order valence-corrected chi connectivity index (χ2v) is 9.60. The van der Waals surface area contributed by atoms with Crippen LogP contribution in [0.5, 0.6) is 17.2 Å². The molecule has 36 heavy (non-hydrogen) atoms. The van der Waals surface area contributed by atoms with Crippen molar-refractivity contribution in [2.24, 2.45) is 5.10 Å². The zero-order valence-electron chi connectivity index (χ0n) is 20.1. The molecule has 3 aromatic carbocycles. The van der Waals surface area contributed by atoms with Gasteiger partial charge in [-0.1, -0.05) is 54.6 Å². The number of ether oxygens (including phenoxy) is 3. The maximum absolute atomic E-state index is 13.1. The first-order chi connectivity index (χ1) is 17.6. The molecule has 0 amide bonds. The summed E-state index contributed by atoms with van der Waals surface area (Å²) in [6, 6.07) is 23.3. The number of hydrogen-bond acceptors (Lipinski definition) is 5. The Bertz CT molecular complexity index is 1270. The highest BCUT2D eigenvalue weighted by atomic mass is 19.3. The van der Waals surface area contributed by atoms with Crippen LogP contribution in [0.2, 0.25) is 0 Å². The highest BCUT2D eigenvalue weighted by Crippen LogP contribution is 2.55. The molecular formula is C29H28F2N2O3. The fourth-order valence-electron chi connectivity index (χ4n) is 5.96. The van der Waals surface area contributed by atoms with E-state index in [-0.39, 0.29) is 11.8 Å². The number of methoxy groups -OCH3 is 1. The van der Waals surface area contributed by atoms with E-state index in [1.807, 2.05) is 30.3 Å². The first-order valence-electron chi connectivity index (χ1n) is 12.4. The number of para-hydroxylation sites is 2. The number of benzene rings is 3. The first kappa shape index (κ1) is 22.8. The number of halogens is 2. The van der Waals surface area contributed by atoms with Crippen LogP contribution in [0.15, 0.2) is 77.9 Å². The zero-order chi connectivity index (χ0) is 24.7. The lowest BCUT2D eigenvalue weighted by Gasteiger charge is -2.50. The highest BCUT2D eigenvalue weighted by molar-refractivity contribution is 6.04. The molecule has 0 saturated heterocycles. The second-order valence-electron chi connectivity index (χ2n) is 9.60. The Labute approximate surface area is 209 Å². The Hall–Kier alpha value is -3.61. The average Bonchev–Trinajstić information content (AvgIpc) is 3.36. The minimum absolute atomic E-state index is 0.0771. The van der Waals surface area contributed by atoms with Crippen LogP contribution in [0, 0.1) is 0 Å². The summed E-state index contributed by atoms with van der Waals surface area (Å²) in [4.78, 5) is 0. The summed E-state index contributed by atoms with van der Waals surface area (Å²) in [5.41, 5.74) is 3.03. The van der Waals surface area contributed by atoms with Gasteiger partial charge in [0.25, 0.3) is 0 Å². The summed E-state index contributed by atoms with van der Waals surface area (Å²) in [6.07, 6.45) is 4.09. The van der Waals surface area contributed by atoms with Crippen molar-refractivity contribution in [2.75, 3.05) is 7.11 Å². The molecule has 1 saturated carbocycles. The first-order valence-corrected chi connectivity index (χ1v) is 12.4. The third-order valence-corrected chi connectivity index (χ3v) is 7.66. The fourth-order valence-corrected chi connectivity index (χ4v) is 5.96. The van der Waals surface area contributed by atoms with E-state index in [0.717, 1.165) is 42.7 Å². The standard InChI is InChI=1S/C29H28F2N2O3/c1-34-26-13-7-11-22-24-18-23(21-10-5-6-12-25(21)35-28(30)31)32-33(24)29(36-27(22)26)16-14-20(15-17-29)19-8-3-2-4-9-19/h2-13,20,24,28H,14-18H2,1H3/t20?,24-,29?/m0/s1. The Balaban J connectivity index is 1.39. The van der Waals surface area contributed by atoms with Crippen LogP contribution in [0.3, 0.4) is 0 Å². The predicted molar refractivity (Wildman–Crippen MR) is 133 cm³/mol. The molecule has 1 spiro atoms. The molecule has 1 atom stereocenters. The number of rotatable bonds is 5. The van der Waals surface area contributed by atoms with Crippen molar-refractivity contribution < 1.29 is 23.0 Å². The Morgan fingerprint density at radius 2 is 1.67 bits per heavy atom. The predicted octanol–water partition coefficient (Wildman–Crippen LogP) is 6.89. The quantitative estimate of drug-likeness (QED) is 0.390. The molecule has 1 aliphatic carbocycles. The summed E-state index contributed by atoms with van der Waals surface area (Å²) in [5, 5.41) is 7.12. The summed E-state index contributed by atoms with van der Waals surface area (Å²) in [6.45, 7) is -2.90. The van der Waals surface area contributed by atoms with Crippen LogP contribution in [0.4, 0.5) is 8.78 Å². The van der Waals surface area contributed by atoms with E-state index in [1.54, 1.807) is 25.3 Å². The van der Waals surface area contributed by atoms with Gasteiger partial charge in [-0.3, -0.25) is 0 Å². The molecule has 0 bridgehead atoms. The van der Waals surface area contributed by atoms with Gasteiger partial charge in [-0.25, -0.2) is 5.01 Å². The monoisotopic (exact) mass is 490 g/mol. The van der Waals surface area contributed by atoms with Crippen LogP contribution < -0.4 is 14.2 Å². The normalized spacial score (nSPS) is 24.7. The second kappa shape index (κ2) is 9.12. The molecule has 2 heterocycles. The summed E-state index contributed by atoms with van der Waals surface area (Å²) in [7, 11) is 1.65. The van der Waals surface area contributed by atoms with Crippen molar-refractivity contribution in [3.05, 3.63) is 89.5 Å². The maximum atomic E-state index is 13.1. The minimum atomic E-state index is -2.90. The Kier molecular flexibility index (Phi) is 5.78. The van der Waals surface area contributed by atoms with Crippen LogP contribution in [-0.2, 0) is 0 Å². The van der Waals surface area contributed by atoms with Crippen molar-refractivity contribution in [1.29, 1.82) is 0 Å². The number of fused-ring (bicyclic) bond motifs is 4. The molecule has 0 N–H and O–H groups in total. The van der Waals surface area contributed by atoms with E-state index < -0.39 is 12.3 Å². The Morgan fingerprint density at radius 3 is 2.42 bits per heavy atom. The lowest BCUT2D eigenvalue weighted by Crippen LogP contribution is -2.55. The topological polar surface area (TPSA) is 43.3 Å². The molecule has 7 heteroatoms. The number of hydrogen-bond donors (Lipinski definition) is 0. The molecule has 0 aromatic heterocycles. The molecule has 3 aromatic rings. The van der Waals surface area contributed by atoms with Crippen LogP contribution in [-0.4, -0.2) is 30.2 Å². The molecule has 186 valence electrons. The molecule has 0 radical (unpaired) electrons. The van der Waals surface area contributed by atoms with Gasteiger partial charge in [0.1, 0.15) is 5.75 Å². The third kappa shape index (κ3) is 3.87. The van der Waals surface area contributed by atoms with Crippen molar-refractivity contribution in [3.8, 4) is 17.2 Å². The minimum Gasteiger partial charge on any atom is -0.493 e. The zero-order valence-corrected chi connectivity index (χ0v) is 20.1. The van der Waals surface area contributed by atoms with Gasteiger partial charge in [0.2, 0.25) is 0 Å². The SMILES string of the molecule is COc1cccc2c1OC1(CCC(c3ccccc3)CC1)N1N=C(c3ccccc3OC(F)F)C[C@@H]21. The van der Waals surface area contributed by atoms with E-state index in [1.165, 1.54) is 5.56 Å². The van der Waals surface area contributed by atoms with Gasteiger partial charge >= 0.3 is 6.61 Å². The molecule has 0 unspecified atom stereocenters. The van der Waals surface area contributed by atoms with Gasteiger partial charge in [0.05, 0.1) is 18.9 Å². The van der Waals surface area contributed by atoms with Crippen molar-refractivity contribution in [2.45, 2.75) is 56.4 Å². The van der Waals surface area contributed by atoms with Crippen LogP contribution in [0.1, 0.15) is 60.8 Å². The fraction of sp³-hybridized carbons (Fsp3) is 0.345. The van der Waals surface area contributed by atoms with E-state index in [2.05, 4.69) is 29.3 Å². The number of hydrazone groups is 1. The van der Waals surface area contributed by atoms with Gasteiger partial charge in [0, 0.05) is 30.4 Å². The van der Waals surface area contributed by atoms with Gasteiger partial charge in [0.15, 0.2) is 17.2 Å². The molecule has 5 nitrogen and oxygen atoms in total. The molecule has 1 fully saturated rings. The van der Waals surface area contributed by atoms with Crippen molar-refractivity contribution >= 4 is 5.71 Å². The smallest absolute Gasteiger partial charge is 0.387 e. The molecule has 2 aliphatic heterocycles. The molecule has 6 rings (SSSR count). The number of nitrogens with zero attached hydrogens (tertiary/aromatic N) is 2. The van der Waals surface area contributed by atoms with E-state index in [0.29, 0.717) is 23.7 Å². The highest BCUT2D eigenvalue weighted by Gasteiger charge is 2.53. The Morgan fingerprint density at radius 1 is 0.944 bits per heavy atom. The van der Waals surface area contributed by atoms with E-state index in [9.17, 15) is 8.78 Å². The maximum Gasteiger partial charge on any atom is 0.387 e. The summed E-state index contributed by atoms with van der Waals surface area (Å²) in [5.74, 6) is 2.06. The number of alkyl halides is 2. The largest absolute Gasteiger partial charge is 0.493 e. The van der Waals surface area contributed by atoms with E-state index >= 15 is 0 Å². The van der Waals surface area contributed by atoms with Crippen LogP contribution >= 0.6 is 0 Å². The van der Waals surface area contributed by atoms with Crippen LogP contribution in [0.25, 0.3) is 0 Å². The molecular weight excluding hydrogens is 462 g/mol. The average molecular weight is 491 g/mol. The van der Waals surface area contributed by atoms with Gasteiger partial charge < -0.3 is 14.2 Å². The van der Waals surface area contributed by atoms with Gasteiger partial charge in [-0.05, 0) is 42.5 Å². The lowest BCUT2D eigenvalue weighted by atomic mass is 9.78.